The average Bonchev–Trinajstić information content (AvgIpc) is 2.56. The molecule has 0 atom stereocenters. The van der Waals surface area contributed by atoms with Gasteiger partial charge in [-0.1, -0.05) is 19.9 Å². The molecule has 0 aliphatic rings. The Hall–Kier alpha value is -2.43. The predicted octanol–water partition coefficient (Wildman–Crippen LogP) is 4.76. The second kappa shape index (κ2) is 7.90. The minimum absolute atomic E-state index is 0.0701. The summed E-state index contributed by atoms with van der Waals surface area (Å²) in [7, 11) is 0. The molecule has 128 valence electrons. The van der Waals surface area contributed by atoms with Gasteiger partial charge in [0.25, 0.3) is 0 Å². The Labute approximate surface area is 140 Å². The van der Waals surface area contributed by atoms with Crippen LogP contribution in [0.25, 0.3) is 0 Å². The third-order valence-electron chi connectivity index (χ3n) is 3.86. The van der Waals surface area contributed by atoms with E-state index in [0.717, 1.165) is 17.5 Å². The van der Waals surface area contributed by atoms with E-state index in [4.69, 9.17) is 4.74 Å². The molecule has 3 nitrogen and oxygen atoms in total. The molecule has 0 spiro atoms. The van der Waals surface area contributed by atoms with Crippen molar-refractivity contribution in [3.8, 4) is 5.75 Å². The first-order valence-electron chi connectivity index (χ1n) is 7.95. The third-order valence-corrected chi connectivity index (χ3v) is 3.86. The Bertz CT molecular complexity index is 744. The van der Waals surface area contributed by atoms with E-state index in [1.54, 1.807) is 19.1 Å². The average molecular weight is 333 g/mol. The monoisotopic (exact) mass is 333 g/mol. The Morgan fingerprint density at radius 3 is 2.58 bits per heavy atom. The van der Waals surface area contributed by atoms with E-state index < -0.39 is 11.6 Å². The molecule has 0 bridgehead atoms. The smallest absolute Gasteiger partial charge is 0.224 e. The highest BCUT2D eigenvalue weighted by Gasteiger charge is 2.13. The lowest BCUT2D eigenvalue weighted by molar-refractivity contribution is -0.115. The normalized spacial score (nSPS) is 10.5. The number of amides is 1. The zero-order valence-corrected chi connectivity index (χ0v) is 14.1. The lowest BCUT2D eigenvalue weighted by Crippen LogP contribution is -2.13. The van der Waals surface area contributed by atoms with Crippen LogP contribution in [0.2, 0.25) is 0 Å². The molecule has 2 aromatic rings. The molecule has 0 aliphatic carbocycles. The number of benzene rings is 2. The van der Waals surface area contributed by atoms with Gasteiger partial charge >= 0.3 is 0 Å². The molecule has 0 fully saturated rings. The fraction of sp³-hybridized carbons (Fsp3) is 0.316. The summed E-state index contributed by atoms with van der Waals surface area (Å²) in [6.07, 6.45) is 1.01. The molecule has 0 aliphatic heterocycles. The van der Waals surface area contributed by atoms with Crippen LogP contribution in [0, 0.1) is 18.6 Å². The van der Waals surface area contributed by atoms with Crippen molar-refractivity contribution in [1.82, 2.24) is 0 Å². The Kier molecular flexibility index (Phi) is 5.90. The SMILES string of the molecule is CCC(=O)Nc1cccc(F)c1COc1cc(C)c(CC)cc1F. The molecule has 0 saturated carbocycles. The van der Waals surface area contributed by atoms with Crippen LogP contribution in [0.4, 0.5) is 14.5 Å². The number of rotatable bonds is 6. The third kappa shape index (κ3) is 4.10. The molecular formula is C19H21F2NO2. The lowest BCUT2D eigenvalue weighted by Gasteiger charge is -2.14. The Balaban J connectivity index is 2.23. The molecular weight excluding hydrogens is 312 g/mol. The molecule has 24 heavy (non-hydrogen) atoms. The van der Waals surface area contributed by atoms with E-state index >= 15 is 0 Å². The zero-order valence-electron chi connectivity index (χ0n) is 14.1. The highest BCUT2D eigenvalue weighted by molar-refractivity contribution is 5.91. The van der Waals surface area contributed by atoms with E-state index in [-0.39, 0.29) is 30.2 Å². The molecule has 0 saturated heterocycles. The van der Waals surface area contributed by atoms with E-state index in [9.17, 15) is 13.6 Å². The molecule has 1 N–H and O–H groups in total. The molecule has 1 amide bonds. The highest BCUT2D eigenvalue weighted by atomic mass is 19.1. The highest BCUT2D eigenvalue weighted by Crippen LogP contribution is 2.26. The van der Waals surface area contributed by atoms with Crippen molar-refractivity contribution < 1.29 is 18.3 Å². The van der Waals surface area contributed by atoms with Crippen molar-refractivity contribution in [3.63, 3.8) is 0 Å². The second-order valence-corrected chi connectivity index (χ2v) is 5.52. The summed E-state index contributed by atoms with van der Waals surface area (Å²) in [5.74, 6) is -1.14. The first-order valence-corrected chi connectivity index (χ1v) is 7.95. The van der Waals surface area contributed by atoms with E-state index in [1.807, 2.05) is 13.8 Å². The number of halogens is 2. The van der Waals surface area contributed by atoms with E-state index in [1.165, 1.54) is 18.2 Å². The summed E-state index contributed by atoms with van der Waals surface area (Å²) in [5.41, 5.74) is 2.35. The fourth-order valence-electron chi connectivity index (χ4n) is 2.40. The van der Waals surface area contributed by atoms with Crippen LogP contribution in [0.5, 0.6) is 5.75 Å². The van der Waals surface area contributed by atoms with Gasteiger partial charge in [0, 0.05) is 12.0 Å². The summed E-state index contributed by atoms with van der Waals surface area (Å²) in [4.78, 5) is 11.6. The van der Waals surface area contributed by atoms with Crippen LogP contribution in [-0.4, -0.2) is 5.91 Å². The van der Waals surface area contributed by atoms with Gasteiger partial charge in [0.05, 0.1) is 5.69 Å². The van der Waals surface area contributed by atoms with Gasteiger partial charge in [-0.05, 0) is 48.7 Å². The molecule has 5 heteroatoms. The zero-order chi connectivity index (χ0) is 17.7. The van der Waals surface area contributed by atoms with Crippen molar-refractivity contribution in [2.75, 3.05) is 5.32 Å². The quantitative estimate of drug-likeness (QED) is 0.827. The molecule has 0 heterocycles. The Morgan fingerprint density at radius 2 is 1.92 bits per heavy atom. The molecule has 0 radical (unpaired) electrons. The Morgan fingerprint density at radius 1 is 1.17 bits per heavy atom. The first kappa shape index (κ1) is 17.9. The number of carbonyl (C=O) groups excluding carboxylic acids is 1. The van der Waals surface area contributed by atoms with Gasteiger partial charge in [-0.3, -0.25) is 4.79 Å². The standard InChI is InChI=1S/C19H21F2NO2/c1-4-13-10-16(21)18(9-12(13)3)24-11-14-15(20)7-6-8-17(14)22-19(23)5-2/h6-10H,4-5,11H2,1-3H3,(H,22,23). The van der Waals surface area contributed by atoms with Gasteiger partial charge < -0.3 is 10.1 Å². The summed E-state index contributed by atoms with van der Waals surface area (Å²) in [6.45, 7) is 5.36. The van der Waals surface area contributed by atoms with Gasteiger partial charge in [-0.15, -0.1) is 0 Å². The maximum Gasteiger partial charge on any atom is 0.224 e. The van der Waals surface area contributed by atoms with Crippen LogP contribution in [-0.2, 0) is 17.8 Å². The number of aryl methyl sites for hydroxylation is 2. The summed E-state index contributed by atoms with van der Waals surface area (Å²) in [6, 6.07) is 7.43. The van der Waals surface area contributed by atoms with E-state index in [2.05, 4.69) is 5.32 Å². The van der Waals surface area contributed by atoms with Crippen LogP contribution >= 0.6 is 0 Å². The minimum atomic E-state index is -0.508. The van der Waals surface area contributed by atoms with Crippen LogP contribution < -0.4 is 10.1 Å². The molecule has 0 aromatic heterocycles. The van der Waals surface area contributed by atoms with Crippen molar-refractivity contribution in [1.29, 1.82) is 0 Å². The molecule has 2 rings (SSSR count). The van der Waals surface area contributed by atoms with Crippen LogP contribution in [0.15, 0.2) is 30.3 Å². The number of anilines is 1. The minimum Gasteiger partial charge on any atom is -0.486 e. The second-order valence-electron chi connectivity index (χ2n) is 5.52. The number of hydrogen-bond donors (Lipinski definition) is 1. The number of ether oxygens (including phenoxy) is 1. The number of carbonyl (C=O) groups is 1. The first-order chi connectivity index (χ1) is 11.5. The molecule has 0 unspecified atom stereocenters. The summed E-state index contributed by atoms with van der Waals surface area (Å²) < 4.78 is 33.7. The largest absolute Gasteiger partial charge is 0.486 e. The van der Waals surface area contributed by atoms with Crippen molar-refractivity contribution >= 4 is 11.6 Å². The lowest BCUT2D eigenvalue weighted by atomic mass is 10.1. The van der Waals surface area contributed by atoms with E-state index in [0.29, 0.717) is 5.69 Å². The predicted molar refractivity (Wildman–Crippen MR) is 90.2 cm³/mol. The number of nitrogens with one attached hydrogen (secondary N) is 1. The maximum absolute atomic E-state index is 14.1. The summed E-state index contributed by atoms with van der Waals surface area (Å²) >= 11 is 0. The van der Waals surface area contributed by atoms with Gasteiger partial charge in [-0.2, -0.15) is 0 Å². The van der Waals surface area contributed by atoms with Gasteiger partial charge in [-0.25, -0.2) is 8.78 Å². The van der Waals surface area contributed by atoms with Crippen molar-refractivity contribution in [3.05, 3.63) is 58.7 Å². The maximum atomic E-state index is 14.1. The molecule has 2 aromatic carbocycles. The van der Waals surface area contributed by atoms with Gasteiger partial charge in [0.15, 0.2) is 11.6 Å². The topological polar surface area (TPSA) is 38.3 Å². The fourth-order valence-corrected chi connectivity index (χ4v) is 2.40. The number of hydrogen-bond acceptors (Lipinski definition) is 2. The van der Waals surface area contributed by atoms with Crippen molar-refractivity contribution in [2.45, 2.75) is 40.2 Å². The van der Waals surface area contributed by atoms with Crippen molar-refractivity contribution in [2.24, 2.45) is 0 Å². The van der Waals surface area contributed by atoms with Gasteiger partial charge in [0.1, 0.15) is 12.4 Å². The van der Waals surface area contributed by atoms with Gasteiger partial charge in [0.2, 0.25) is 5.91 Å². The van der Waals surface area contributed by atoms with Crippen LogP contribution in [0.1, 0.15) is 37.0 Å². The summed E-state index contributed by atoms with van der Waals surface area (Å²) in [5, 5.41) is 2.63. The van der Waals surface area contributed by atoms with Crippen LogP contribution in [0.3, 0.4) is 0 Å².